The quantitative estimate of drug-likeness (QED) is 0.682. The van der Waals surface area contributed by atoms with Crippen LogP contribution in [0, 0.1) is 5.92 Å². The number of nitrogens with one attached hydrogen (secondary N) is 1. The molecule has 1 nitrogen and oxygen atoms in total. The largest absolute Gasteiger partial charge is 0.390 e. The van der Waals surface area contributed by atoms with Crippen LogP contribution in [-0.4, -0.2) is 19.3 Å². The standard InChI is InChI=1S/C7H14F3N/c1-5(2)6(11-3)4-7(8,9)10/h5-6,11H,4H2,1-3H3. The Balaban J connectivity index is 3.88. The van der Waals surface area contributed by atoms with Crippen LogP contribution in [0.15, 0.2) is 0 Å². The van der Waals surface area contributed by atoms with Crippen LogP contribution < -0.4 is 5.32 Å². The van der Waals surface area contributed by atoms with Gasteiger partial charge in [-0.05, 0) is 13.0 Å². The molecule has 0 aliphatic heterocycles. The van der Waals surface area contributed by atoms with Crippen LogP contribution in [0.1, 0.15) is 20.3 Å². The van der Waals surface area contributed by atoms with Gasteiger partial charge in [0, 0.05) is 6.04 Å². The van der Waals surface area contributed by atoms with E-state index in [1.807, 2.05) is 0 Å². The molecule has 0 spiro atoms. The first-order valence-corrected chi connectivity index (χ1v) is 3.61. The van der Waals surface area contributed by atoms with E-state index in [1.165, 1.54) is 0 Å². The van der Waals surface area contributed by atoms with Gasteiger partial charge in [-0.1, -0.05) is 13.8 Å². The highest BCUT2D eigenvalue weighted by atomic mass is 19.4. The van der Waals surface area contributed by atoms with Gasteiger partial charge in [0.25, 0.3) is 0 Å². The molecule has 0 aromatic carbocycles. The average molecular weight is 169 g/mol. The number of rotatable bonds is 3. The van der Waals surface area contributed by atoms with Crippen molar-refractivity contribution in [1.82, 2.24) is 5.32 Å². The Morgan fingerprint density at radius 1 is 1.27 bits per heavy atom. The number of halogens is 3. The highest BCUT2D eigenvalue weighted by Crippen LogP contribution is 2.24. The molecular weight excluding hydrogens is 155 g/mol. The lowest BCUT2D eigenvalue weighted by Crippen LogP contribution is -2.35. The van der Waals surface area contributed by atoms with Crippen molar-refractivity contribution in [1.29, 1.82) is 0 Å². The zero-order valence-corrected chi connectivity index (χ0v) is 7.00. The molecule has 1 N–H and O–H groups in total. The SMILES string of the molecule is CNC(CC(F)(F)F)C(C)C. The van der Waals surface area contributed by atoms with Crippen molar-refractivity contribution in [3.8, 4) is 0 Å². The smallest absolute Gasteiger partial charge is 0.316 e. The molecule has 0 saturated heterocycles. The predicted molar refractivity (Wildman–Crippen MR) is 38.4 cm³/mol. The molecule has 1 unspecified atom stereocenters. The number of alkyl halides is 3. The molecule has 0 heterocycles. The van der Waals surface area contributed by atoms with E-state index in [9.17, 15) is 13.2 Å². The van der Waals surface area contributed by atoms with Crippen LogP contribution in [0.2, 0.25) is 0 Å². The molecule has 4 heteroatoms. The van der Waals surface area contributed by atoms with Gasteiger partial charge in [-0.3, -0.25) is 0 Å². The van der Waals surface area contributed by atoms with Gasteiger partial charge in [-0.2, -0.15) is 13.2 Å². The van der Waals surface area contributed by atoms with Crippen molar-refractivity contribution in [2.24, 2.45) is 5.92 Å². The minimum atomic E-state index is -4.06. The lowest BCUT2D eigenvalue weighted by Gasteiger charge is -2.21. The summed E-state index contributed by atoms with van der Waals surface area (Å²) in [5.74, 6) is 0.0154. The molecule has 0 amide bonds. The molecule has 0 aliphatic rings. The Bertz CT molecular complexity index is 109. The van der Waals surface area contributed by atoms with E-state index in [0.717, 1.165) is 0 Å². The van der Waals surface area contributed by atoms with E-state index in [1.54, 1.807) is 20.9 Å². The van der Waals surface area contributed by atoms with E-state index in [-0.39, 0.29) is 5.92 Å². The molecule has 0 bridgehead atoms. The summed E-state index contributed by atoms with van der Waals surface area (Å²) in [6.07, 6.45) is -4.81. The minimum Gasteiger partial charge on any atom is -0.316 e. The molecule has 0 fully saturated rings. The van der Waals surface area contributed by atoms with Crippen molar-refractivity contribution in [3.63, 3.8) is 0 Å². The first kappa shape index (κ1) is 10.8. The van der Waals surface area contributed by atoms with E-state index in [0.29, 0.717) is 0 Å². The summed E-state index contributed by atoms with van der Waals surface area (Å²) >= 11 is 0. The van der Waals surface area contributed by atoms with Gasteiger partial charge >= 0.3 is 6.18 Å². The van der Waals surface area contributed by atoms with Gasteiger partial charge in [-0.15, -0.1) is 0 Å². The van der Waals surface area contributed by atoms with Crippen LogP contribution in [0.3, 0.4) is 0 Å². The maximum Gasteiger partial charge on any atom is 0.390 e. The molecule has 0 aromatic heterocycles. The molecule has 0 radical (unpaired) electrons. The van der Waals surface area contributed by atoms with E-state index in [4.69, 9.17) is 0 Å². The second kappa shape index (κ2) is 3.95. The van der Waals surface area contributed by atoms with Gasteiger partial charge in [0.2, 0.25) is 0 Å². The highest BCUT2D eigenvalue weighted by Gasteiger charge is 2.32. The second-order valence-electron chi connectivity index (χ2n) is 2.96. The molecule has 0 aliphatic carbocycles. The number of hydrogen-bond donors (Lipinski definition) is 1. The molecule has 68 valence electrons. The summed E-state index contributed by atoms with van der Waals surface area (Å²) in [7, 11) is 1.55. The Hall–Kier alpha value is -0.250. The third-order valence-electron chi connectivity index (χ3n) is 1.63. The fourth-order valence-electron chi connectivity index (χ4n) is 0.920. The molecule has 0 aromatic rings. The zero-order valence-electron chi connectivity index (χ0n) is 7.00. The van der Waals surface area contributed by atoms with Crippen LogP contribution in [0.25, 0.3) is 0 Å². The summed E-state index contributed by atoms with van der Waals surface area (Å²) in [5, 5.41) is 2.64. The summed E-state index contributed by atoms with van der Waals surface area (Å²) in [5.41, 5.74) is 0. The lowest BCUT2D eigenvalue weighted by atomic mass is 10.0. The molecule has 0 rings (SSSR count). The summed E-state index contributed by atoms with van der Waals surface area (Å²) in [4.78, 5) is 0. The van der Waals surface area contributed by atoms with E-state index >= 15 is 0 Å². The van der Waals surface area contributed by atoms with Gasteiger partial charge in [0.15, 0.2) is 0 Å². The van der Waals surface area contributed by atoms with Crippen LogP contribution in [0.4, 0.5) is 13.2 Å². The maximum absolute atomic E-state index is 11.8. The van der Waals surface area contributed by atoms with Gasteiger partial charge < -0.3 is 5.32 Å². The predicted octanol–water partition coefficient (Wildman–Crippen LogP) is 2.18. The average Bonchev–Trinajstić information content (AvgIpc) is 1.80. The Morgan fingerprint density at radius 2 is 1.73 bits per heavy atom. The maximum atomic E-state index is 11.8. The third kappa shape index (κ3) is 5.07. The minimum absolute atomic E-state index is 0.0154. The normalized spacial score (nSPS) is 15.5. The van der Waals surface area contributed by atoms with Crippen molar-refractivity contribution in [3.05, 3.63) is 0 Å². The van der Waals surface area contributed by atoms with Crippen molar-refractivity contribution >= 4 is 0 Å². The topological polar surface area (TPSA) is 12.0 Å². The van der Waals surface area contributed by atoms with Gasteiger partial charge in [0.05, 0.1) is 6.42 Å². The zero-order chi connectivity index (χ0) is 9.07. The Labute approximate surface area is 65.0 Å². The summed E-state index contributed by atoms with van der Waals surface area (Å²) < 4.78 is 35.4. The molecular formula is C7H14F3N. The Kier molecular flexibility index (Phi) is 3.86. The fraction of sp³-hybridized carbons (Fsp3) is 1.00. The van der Waals surface area contributed by atoms with Crippen LogP contribution in [0.5, 0.6) is 0 Å². The van der Waals surface area contributed by atoms with E-state index < -0.39 is 18.6 Å². The Morgan fingerprint density at radius 3 is 1.82 bits per heavy atom. The third-order valence-corrected chi connectivity index (χ3v) is 1.63. The molecule has 11 heavy (non-hydrogen) atoms. The first-order valence-electron chi connectivity index (χ1n) is 3.61. The van der Waals surface area contributed by atoms with Crippen molar-refractivity contribution < 1.29 is 13.2 Å². The van der Waals surface area contributed by atoms with Gasteiger partial charge in [0.1, 0.15) is 0 Å². The highest BCUT2D eigenvalue weighted by molar-refractivity contribution is 4.71. The lowest BCUT2D eigenvalue weighted by molar-refractivity contribution is -0.142. The fourth-order valence-corrected chi connectivity index (χ4v) is 0.920. The monoisotopic (exact) mass is 169 g/mol. The van der Waals surface area contributed by atoms with Crippen LogP contribution in [-0.2, 0) is 0 Å². The summed E-state index contributed by atoms with van der Waals surface area (Å²) in [6, 6.07) is -0.463. The molecule has 1 atom stereocenters. The first-order chi connectivity index (χ1) is 4.87. The van der Waals surface area contributed by atoms with Crippen molar-refractivity contribution in [2.75, 3.05) is 7.05 Å². The number of hydrogen-bond acceptors (Lipinski definition) is 1. The summed E-state index contributed by atoms with van der Waals surface area (Å²) in [6.45, 7) is 3.54. The molecule has 0 saturated carbocycles. The second-order valence-corrected chi connectivity index (χ2v) is 2.96. The van der Waals surface area contributed by atoms with Crippen LogP contribution >= 0.6 is 0 Å². The van der Waals surface area contributed by atoms with Crippen molar-refractivity contribution in [2.45, 2.75) is 32.5 Å². The van der Waals surface area contributed by atoms with E-state index in [2.05, 4.69) is 5.32 Å². The van der Waals surface area contributed by atoms with Gasteiger partial charge in [-0.25, -0.2) is 0 Å².